The van der Waals surface area contributed by atoms with Crippen molar-refractivity contribution in [3.63, 3.8) is 0 Å². The molecule has 1 aromatic carbocycles. The van der Waals surface area contributed by atoms with Crippen LogP contribution in [0.4, 0.5) is 8.78 Å². The third-order valence-electron chi connectivity index (χ3n) is 2.42. The van der Waals surface area contributed by atoms with Crippen molar-refractivity contribution in [2.24, 2.45) is 0 Å². The lowest BCUT2D eigenvalue weighted by atomic mass is 9.97. The lowest BCUT2D eigenvalue weighted by Crippen LogP contribution is -1.99. The zero-order chi connectivity index (χ0) is 10.7. The van der Waals surface area contributed by atoms with Crippen molar-refractivity contribution < 1.29 is 13.5 Å². The molecule has 0 bridgehead atoms. The first-order chi connectivity index (χ1) is 6.60. The molecule has 0 heterocycles. The van der Waals surface area contributed by atoms with E-state index in [-0.39, 0.29) is 5.92 Å². The van der Waals surface area contributed by atoms with Gasteiger partial charge in [0.25, 0.3) is 0 Å². The van der Waals surface area contributed by atoms with Gasteiger partial charge in [0.15, 0.2) is 11.6 Å². The highest BCUT2D eigenvalue weighted by molar-refractivity contribution is 5.37. The van der Waals surface area contributed by atoms with Gasteiger partial charge in [0.2, 0.25) is 0 Å². The summed E-state index contributed by atoms with van der Waals surface area (Å²) in [6.07, 6.45) is 0.863. The van der Waals surface area contributed by atoms with Gasteiger partial charge in [-0.15, -0.1) is 0 Å². The van der Waals surface area contributed by atoms with Crippen LogP contribution in [0.1, 0.15) is 31.7 Å². The van der Waals surface area contributed by atoms with E-state index in [2.05, 4.69) is 0 Å². The van der Waals surface area contributed by atoms with Crippen molar-refractivity contribution in [1.82, 2.24) is 0 Å². The second-order valence-corrected chi connectivity index (χ2v) is 3.32. The SMILES string of the molecule is CCC(C)c1cc(F)c(F)cc1OC. The van der Waals surface area contributed by atoms with Crippen LogP contribution >= 0.6 is 0 Å². The molecule has 1 atom stereocenters. The predicted octanol–water partition coefficient (Wildman–Crippen LogP) is 3.49. The molecule has 0 N–H and O–H groups in total. The van der Waals surface area contributed by atoms with E-state index >= 15 is 0 Å². The van der Waals surface area contributed by atoms with Gasteiger partial charge in [0.1, 0.15) is 5.75 Å². The minimum Gasteiger partial charge on any atom is -0.496 e. The molecule has 1 aromatic rings. The average molecular weight is 200 g/mol. The zero-order valence-electron chi connectivity index (χ0n) is 8.60. The Morgan fingerprint density at radius 2 is 1.86 bits per heavy atom. The first kappa shape index (κ1) is 11.0. The summed E-state index contributed by atoms with van der Waals surface area (Å²) in [5.41, 5.74) is 0.717. The highest BCUT2D eigenvalue weighted by Gasteiger charge is 2.14. The second kappa shape index (κ2) is 4.40. The quantitative estimate of drug-likeness (QED) is 0.725. The van der Waals surface area contributed by atoms with E-state index in [9.17, 15) is 8.78 Å². The van der Waals surface area contributed by atoms with Crippen molar-refractivity contribution in [2.45, 2.75) is 26.2 Å². The topological polar surface area (TPSA) is 9.23 Å². The van der Waals surface area contributed by atoms with Crippen LogP contribution in [-0.4, -0.2) is 7.11 Å². The summed E-state index contributed by atoms with van der Waals surface area (Å²) in [5, 5.41) is 0. The largest absolute Gasteiger partial charge is 0.496 e. The Balaban J connectivity index is 3.19. The molecule has 14 heavy (non-hydrogen) atoms. The van der Waals surface area contributed by atoms with Gasteiger partial charge < -0.3 is 4.74 Å². The minimum absolute atomic E-state index is 0.167. The Labute approximate surface area is 82.7 Å². The van der Waals surface area contributed by atoms with Crippen molar-refractivity contribution in [2.75, 3.05) is 7.11 Å². The number of rotatable bonds is 3. The number of hydrogen-bond donors (Lipinski definition) is 0. The molecule has 0 saturated carbocycles. The van der Waals surface area contributed by atoms with Crippen molar-refractivity contribution in [3.8, 4) is 5.75 Å². The first-order valence-corrected chi connectivity index (χ1v) is 4.63. The zero-order valence-corrected chi connectivity index (χ0v) is 8.60. The molecule has 0 saturated heterocycles. The van der Waals surface area contributed by atoms with E-state index in [0.717, 1.165) is 12.5 Å². The standard InChI is InChI=1S/C11H14F2O/c1-4-7(2)8-5-9(12)10(13)6-11(8)14-3/h5-7H,4H2,1-3H3. The Morgan fingerprint density at radius 1 is 1.29 bits per heavy atom. The third-order valence-corrected chi connectivity index (χ3v) is 2.42. The molecule has 78 valence electrons. The van der Waals surface area contributed by atoms with E-state index in [4.69, 9.17) is 4.74 Å². The van der Waals surface area contributed by atoms with Gasteiger partial charge in [-0.3, -0.25) is 0 Å². The van der Waals surface area contributed by atoms with Crippen LogP contribution in [0.5, 0.6) is 5.75 Å². The van der Waals surface area contributed by atoms with Crippen molar-refractivity contribution in [1.29, 1.82) is 0 Å². The first-order valence-electron chi connectivity index (χ1n) is 4.63. The lowest BCUT2D eigenvalue weighted by Gasteiger charge is -2.14. The number of hydrogen-bond acceptors (Lipinski definition) is 1. The summed E-state index contributed by atoms with van der Waals surface area (Å²) in [5.74, 6) is -1.10. The summed E-state index contributed by atoms with van der Waals surface area (Å²) in [4.78, 5) is 0. The van der Waals surface area contributed by atoms with Gasteiger partial charge in [0.05, 0.1) is 7.11 Å². The van der Waals surface area contributed by atoms with Crippen LogP contribution < -0.4 is 4.74 Å². The minimum atomic E-state index is -0.867. The maximum Gasteiger partial charge on any atom is 0.162 e. The summed E-state index contributed by atoms with van der Waals surface area (Å²) in [6, 6.07) is 2.30. The monoisotopic (exact) mass is 200 g/mol. The molecule has 0 aromatic heterocycles. The number of benzene rings is 1. The molecule has 1 unspecified atom stereocenters. The molecule has 3 heteroatoms. The summed E-state index contributed by atoms with van der Waals surface area (Å²) < 4.78 is 30.8. The third kappa shape index (κ3) is 2.03. The molecule has 0 aliphatic carbocycles. The van der Waals surface area contributed by atoms with E-state index in [0.29, 0.717) is 11.3 Å². The van der Waals surface area contributed by atoms with Gasteiger partial charge in [0, 0.05) is 11.6 Å². The fourth-order valence-corrected chi connectivity index (χ4v) is 1.33. The molecule has 0 radical (unpaired) electrons. The van der Waals surface area contributed by atoms with E-state index in [1.54, 1.807) is 0 Å². The van der Waals surface area contributed by atoms with Crippen LogP contribution in [0.25, 0.3) is 0 Å². The van der Waals surface area contributed by atoms with Gasteiger partial charge in [-0.1, -0.05) is 13.8 Å². The summed E-state index contributed by atoms with van der Waals surface area (Å²) in [7, 11) is 1.46. The van der Waals surface area contributed by atoms with Crippen molar-refractivity contribution >= 4 is 0 Å². The fourth-order valence-electron chi connectivity index (χ4n) is 1.33. The molecular weight excluding hydrogens is 186 g/mol. The molecular formula is C11H14F2O. The Kier molecular flexibility index (Phi) is 3.44. The maximum atomic E-state index is 13.0. The molecule has 1 nitrogen and oxygen atoms in total. The fraction of sp³-hybridized carbons (Fsp3) is 0.455. The average Bonchev–Trinajstić information content (AvgIpc) is 2.20. The number of methoxy groups -OCH3 is 1. The molecule has 0 aliphatic heterocycles. The van der Waals surface area contributed by atoms with Gasteiger partial charge in [-0.2, -0.15) is 0 Å². The maximum absolute atomic E-state index is 13.0. The molecule has 0 spiro atoms. The molecule has 0 aliphatic rings. The van der Waals surface area contributed by atoms with Crippen molar-refractivity contribution in [3.05, 3.63) is 29.3 Å². The van der Waals surface area contributed by atoms with E-state index in [1.165, 1.54) is 13.2 Å². The van der Waals surface area contributed by atoms with Gasteiger partial charge in [-0.05, 0) is 18.4 Å². The molecule has 0 amide bonds. The highest BCUT2D eigenvalue weighted by Crippen LogP contribution is 2.30. The highest BCUT2D eigenvalue weighted by atomic mass is 19.2. The van der Waals surface area contributed by atoms with Crippen LogP contribution in [0.3, 0.4) is 0 Å². The van der Waals surface area contributed by atoms with Gasteiger partial charge in [-0.25, -0.2) is 8.78 Å². The normalized spacial score (nSPS) is 12.6. The van der Waals surface area contributed by atoms with Crippen LogP contribution in [0, 0.1) is 11.6 Å². The lowest BCUT2D eigenvalue weighted by molar-refractivity contribution is 0.396. The number of halogens is 2. The number of ether oxygens (including phenoxy) is 1. The van der Waals surface area contributed by atoms with E-state index < -0.39 is 11.6 Å². The van der Waals surface area contributed by atoms with Crippen LogP contribution in [0.2, 0.25) is 0 Å². The Hall–Kier alpha value is -1.12. The smallest absolute Gasteiger partial charge is 0.162 e. The second-order valence-electron chi connectivity index (χ2n) is 3.32. The van der Waals surface area contributed by atoms with Crippen LogP contribution in [-0.2, 0) is 0 Å². The van der Waals surface area contributed by atoms with Gasteiger partial charge >= 0.3 is 0 Å². The summed E-state index contributed by atoms with van der Waals surface area (Å²) in [6.45, 7) is 3.95. The predicted molar refractivity (Wildman–Crippen MR) is 51.6 cm³/mol. The molecule has 0 fully saturated rings. The Bertz CT molecular complexity index is 323. The summed E-state index contributed by atoms with van der Waals surface area (Å²) >= 11 is 0. The Morgan fingerprint density at radius 3 is 2.36 bits per heavy atom. The van der Waals surface area contributed by atoms with E-state index in [1.807, 2.05) is 13.8 Å². The van der Waals surface area contributed by atoms with Crippen LogP contribution in [0.15, 0.2) is 12.1 Å². The molecule has 1 rings (SSSR count).